The number of aromatic nitrogens is 3. The Labute approximate surface area is 140 Å². The molecule has 1 heterocycles. The molecule has 0 saturated carbocycles. The molecule has 1 aromatic heterocycles. The molecule has 0 bridgehead atoms. The zero-order valence-electron chi connectivity index (χ0n) is 10.9. The van der Waals surface area contributed by atoms with Crippen molar-refractivity contribution in [1.82, 2.24) is 15.2 Å². The highest BCUT2D eigenvalue weighted by Crippen LogP contribution is 2.27. The van der Waals surface area contributed by atoms with E-state index in [9.17, 15) is 0 Å². The Kier molecular flexibility index (Phi) is 4.63. The van der Waals surface area contributed by atoms with Crippen molar-refractivity contribution in [3.05, 3.63) is 63.6 Å². The molecule has 106 valence electrons. The van der Waals surface area contributed by atoms with Crippen LogP contribution in [0.3, 0.4) is 0 Å². The first-order valence-corrected chi connectivity index (χ1v) is 8.42. The number of nitrogens with one attached hydrogen (secondary N) is 1. The van der Waals surface area contributed by atoms with Crippen LogP contribution in [0.15, 0.2) is 58.2 Å². The Morgan fingerprint density at radius 2 is 1.86 bits per heavy atom. The summed E-state index contributed by atoms with van der Waals surface area (Å²) in [7, 11) is 0. The average molecular weight is 381 g/mol. The lowest BCUT2D eigenvalue weighted by atomic mass is 10.2. The van der Waals surface area contributed by atoms with Crippen LogP contribution in [0.2, 0.25) is 5.02 Å². The Hall–Kier alpha value is -1.30. The fourth-order valence-corrected chi connectivity index (χ4v) is 3.06. The first-order valence-electron chi connectivity index (χ1n) is 6.27. The minimum Gasteiger partial charge on any atom is -0.258 e. The van der Waals surface area contributed by atoms with Gasteiger partial charge in [-0.15, -0.1) is 5.10 Å². The highest BCUT2D eigenvalue weighted by atomic mass is 79.9. The van der Waals surface area contributed by atoms with Crippen molar-refractivity contribution in [2.45, 2.75) is 10.9 Å². The summed E-state index contributed by atoms with van der Waals surface area (Å²) in [6, 6.07) is 15.8. The van der Waals surface area contributed by atoms with E-state index in [0.717, 1.165) is 15.8 Å². The molecule has 0 fully saturated rings. The van der Waals surface area contributed by atoms with Crippen LogP contribution in [0.25, 0.3) is 11.4 Å². The fraction of sp³-hybridized carbons (Fsp3) is 0.0667. The van der Waals surface area contributed by atoms with Crippen LogP contribution < -0.4 is 0 Å². The Bertz CT molecular complexity index is 743. The van der Waals surface area contributed by atoms with Crippen LogP contribution >= 0.6 is 39.3 Å². The van der Waals surface area contributed by atoms with Gasteiger partial charge in [0.2, 0.25) is 5.16 Å². The van der Waals surface area contributed by atoms with Crippen LogP contribution in [0.4, 0.5) is 0 Å². The zero-order chi connectivity index (χ0) is 14.7. The normalized spacial score (nSPS) is 10.8. The number of nitrogens with zero attached hydrogens (tertiary/aromatic N) is 2. The lowest BCUT2D eigenvalue weighted by molar-refractivity contribution is 0.973. The van der Waals surface area contributed by atoms with Gasteiger partial charge in [-0.3, -0.25) is 5.10 Å². The van der Waals surface area contributed by atoms with E-state index >= 15 is 0 Å². The van der Waals surface area contributed by atoms with E-state index in [1.54, 1.807) is 11.8 Å². The largest absolute Gasteiger partial charge is 0.258 e. The minimum absolute atomic E-state index is 0.665. The second kappa shape index (κ2) is 6.64. The maximum Gasteiger partial charge on any atom is 0.209 e. The van der Waals surface area contributed by atoms with Gasteiger partial charge in [0.05, 0.1) is 5.02 Å². The van der Waals surface area contributed by atoms with Crippen molar-refractivity contribution < 1.29 is 0 Å². The molecule has 0 amide bonds. The molecule has 0 aliphatic heterocycles. The molecule has 1 N–H and O–H groups in total. The van der Waals surface area contributed by atoms with Gasteiger partial charge < -0.3 is 0 Å². The van der Waals surface area contributed by atoms with Crippen molar-refractivity contribution >= 4 is 39.3 Å². The average Bonchev–Trinajstić information content (AvgIpc) is 2.96. The van der Waals surface area contributed by atoms with Crippen molar-refractivity contribution in [2.24, 2.45) is 0 Å². The van der Waals surface area contributed by atoms with Gasteiger partial charge in [-0.05, 0) is 29.8 Å². The van der Waals surface area contributed by atoms with Crippen molar-refractivity contribution in [1.29, 1.82) is 0 Å². The SMILES string of the molecule is Clc1ccccc1-c1nc(SCc2ccc(Br)cc2)n[nH]1. The van der Waals surface area contributed by atoms with E-state index in [1.807, 2.05) is 36.4 Å². The number of hydrogen-bond acceptors (Lipinski definition) is 3. The lowest BCUT2D eigenvalue weighted by Crippen LogP contribution is -1.82. The molecule has 0 spiro atoms. The van der Waals surface area contributed by atoms with E-state index in [0.29, 0.717) is 16.0 Å². The second-order valence-electron chi connectivity index (χ2n) is 4.36. The van der Waals surface area contributed by atoms with E-state index in [-0.39, 0.29) is 0 Å². The van der Waals surface area contributed by atoms with Crippen LogP contribution in [-0.2, 0) is 5.75 Å². The Morgan fingerprint density at radius 1 is 1.10 bits per heavy atom. The number of H-pyrrole nitrogens is 1. The molecule has 0 atom stereocenters. The van der Waals surface area contributed by atoms with E-state index < -0.39 is 0 Å². The number of hydrogen-bond donors (Lipinski definition) is 1. The second-order valence-corrected chi connectivity index (χ2v) is 6.63. The molecule has 2 aromatic carbocycles. The highest BCUT2D eigenvalue weighted by Gasteiger charge is 2.09. The third-order valence-electron chi connectivity index (χ3n) is 2.88. The quantitative estimate of drug-likeness (QED) is 0.634. The summed E-state index contributed by atoms with van der Waals surface area (Å²) in [5, 5.41) is 8.54. The smallest absolute Gasteiger partial charge is 0.209 e. The number of benzene rings is 2. The van der Waals surface area contributed by atoms with Gasteiger partial charge >= 0.3 is 0 Å². The molecule has 0 aliphatic rings. The van der Waals surface area contributed by atoms with Gasteiger partial charge in [-0.1, -0.05) is 63.6 Å². The predicted octanol–water partition coefficient (Wildman–Crippen LogP) is 5.18. The van der Waals surface area contributed by atoms with E-state index in [4.69, 9.17) is 11.6 Å². The first kappa shape index (κ1) is 14.6. The summed E-state index contributed by atoms with van der Waals surface area (Å²) >= 11 is 11.2. The predicted molar refractivity (Wildman–Crippen MR) is 90.5 cm³/mol. The van der Waals surface area contributed by atoms with Gasteiger partial charge in [0.25, 0.3) is 0 Å². The molecule has 3 rings (SSSR count). The van der Waals surface area contributed by atoms with Gasteiger partial charge in [-0.25, -0.2) is 4.98 Å². The summed E-state index contributed by atoms with van der Waals surface area (Å²) in [6.45, 7) is 0. The molecule has 3 nitrogen and oxygen atoms in total. The van der Waals surface area contributed by atoms with E-state index in [2.05, 4.69) is 43.2 Å². The molecule has 0 unspecified atom stereocenters. The fourth-order valence-electron chi connectivity index (χ4n) is 1.81. The standard InChI is InChI=1S/C15H11BrClN3S/c16-11-7-5-10(6-8-11)9-21-15-18-14(19-20-15)12-3-1-2-4-13(12)17/h1-8H,9H2,(H,18,19,20). The maximum absolute atomic E-state index is 6.16. The molecule has 3 aromatic rings. The van der Waals surface area contributed by atoms with Gasteiger partial charge in [0.15, 0.2) is 5.82 Å². The molecule has 21 heavy (non-hydrogen) atoms. The third kappa shape index (κ3) is 3.67. The lowest BCUT2D eigenvalue weighted by Gasteiger charge is -1.99. The zero-order valence-corrected chi connectivity index (χ0v) is 14.0. The van der Waals surface area contributed by atoms with Crippen LogP contribution in [0.5, 0.6) is 0 Å². The highest BCUT2D eigenvalue weighted by molar-refractivity contribution is 9.10. The first-order chi connectivity index (χ1) is 10.2. The number of rotatable bonds is 4. The van der Waals surface area contributed by atoms with Crippen LogP contribution in [-0.4, -0.2) is 15.2 Å². The minimum atomic E-state index is 0.665. The number of halogens is 2. The Balaban J connectivity index is 1.71. The summed E-state index contributed by atoms with van der Waals surface area (Å²) in [4.78, 5) is 4.48. The van der Waals surface area contributed by atoms with Gasteiger partial charge in [-0.2, -0.15) is 0 Å². The molecule has 0 saturated heterocycles. The molecule has 0 radical (unpaired) electrons. The molecular weight excluding hydrogens is 370 g/mol. The third-order valence-corrected chi connectivity index (χ3v) is 4.65. The van der Waals surface area contributed by atoms with Gasteiger partial charge in [0.1, 0.15) is 0 Å². The maximum atomic E-state index is 6.16. The van der Waals surface area contributed by atoms with E-state index in [1.165, 1.54) is 5.56 Å². The summed E-state index contributed by atoms with van der Waals surface area (Å²) in [5.74, 6) is 1.52. The summed E-state index contributed by atoms with van der Waals surface area (Å²) in [5.41, 5.74) is 2.09. The van der Waals surface area contributed by atoms with Crippen LogP contribution in [0.1, 0.15) is 5.56 Å². The summed E-state index contributed by atoms with van der Waals surface area (Å²) < 4.78 is 1.08. The topological polar surface area (TPSA) is 41.6 Å². The molecule has 0 aliphatic carbocycles. The Morgan fingerprint density at radius 3 is 2.62 bits per heavy atom. The van der Waals surface area contributed by atoms with Crippen molar-refractivity contribution in [3.8, 4) is 11.4 Å². The monoisotopic (exact) mass is 379 g/mol. The number of aromatic amines is 1. The number of thioether (sulfide) groups is 1. The van der Waals surface area contributed by atoms with Gasteiger partial charge in [0, 0.05) is 15.8 Å². The molecule has 6 heteroatoms. The summed E-state index contributed by atoms with van der Waals surface area (Å²) in [6.07, 6.45) is 0. The molecular formula is C15H11BrClN3S. The van der Waals surface area contributed by atoms with Crippen molar-refractivity contribution in [3.63, 3.8) is 0 Å². The van der Waals surface area contributed by atoms with Crippen LogP contribution in [0, 0.1) is 0 Å². The van der Waals surface area contributed by atoms with Crippen molar-refractivity contribution in [2.75, 3.05) is 0 Å².